The van der Waals surface area contributed by atoms with Crippen molar-refractivity contribution in [3.05, 3.63) is 0 Å². The smallest absolute Gasteiger partial charge is 0.408 e. The van der Waals surface area contributed by atoms with Crippen molar-refractivity contribution in [1.29, 1.82) is 0 Å². The molecule has 0 aromatic carbocycles. The maximum atomic E-state index is 12.0. The Balaban J connectivity index is 4.69. The minimum atomic E-state index is -0.676. The molecule has 0 saturated heterocycles. The van der Waals surface area contributed by atoms with E-state index in [0.717, 1.165) is 0 Å². The maximum absolute atomic E-state index is 12.0. The number of rotatable bonds is 7. The highest BCUT2D eigenvalue weighted by Crippen LogP contribution is 2.09. The van der Waals surface area contributed by atoms with E-state index in [2.05, 4.69) is 10.6 Å². The van der Waals surface area contributed by atoms with Gasteiger partial charge in [0.05, 0.1) is 12.6 Å². The van der Waals surface area contributed by atoms with Crippen molar-refractivity contribution in [1.82, 2.24) is 10.6 Å². The summed E-state index contributed by atoms with van der Waals surface area (Å²) in [4.78, 5) is 35.6. The van der Waals surface area contributed by atoms with Gasteiger partial charge in [-0.1, -0.05) is 0 Å². The molecule has 2 N–H and O–H groups in total. The Morgan fingerprint density at radius 1 is 0.750 bits per heavy atom. The fourth-order valence-corrected chi connectivity index (χ4v) is 1.80. The lowest BCUT2D eigenvalue weighted by Gasteiger charge is -2.25. The second-order valence-corrected chi connectivity index (χ2v) is 9.33. The molecule has 0 fully saturated rings. The van der Waals surface area contributed by atoms with Gasteiger partial charge in [0, 0.05) is 6.54 Å². The normalized spacial score (nSPS) is 13.3. The van der Waals surface area contributed by atoms with E-state index >= 15 is 0 Å². The van der Waals surface area contributed by atoms with Gasteiger partial charge >= 0.3 is 18.2 Å². The van der Waals surface area contributed by atoms with Crippen molar-refractivity contribution in [2.24, 2.45) is 0 Å². The fraction of sp³-hybridized carbons (Fsp3) is 0.842. The van der Waals surface area contributed by atoms with Crippen LogP contribution in [0.5, 0.6) is 0 Å². The molecular weight excluding hydrogens is 368 g/mol. The largest absolute Gasteiger partial charge is 0.458 e. The molecule has 0 radical (unpaired) electrons. The SMILES string of the molecule is CC(C)(C)OC(=O)COCC(CNC(=O)OC(C)(C)C)NC(=O)OC(C)(C)C. The Hall–Kier alpha value is -2.03. The monoisotopic (exact) mass is 404 g/mol. The van der Waals surface area contributed by atoms with Crippen LogP contribution in [-0.4, -0.2) is 60.8 Å². The van der Waals surface area contributed by atoms with Crippen LogP contribution in [0.4, 0.5) is 9.59 Å². The number of nitrogens with one attached hydrogen (secondary N) is 2. The molecule has 0 aromatic rings. The van der Waals surface area contributed by atoms with Crippen molar-refractivity contribution < 1.29 is 33.3 Å². The van der Waals surface area contributed by atoms with Crippen LogP contribution in [0.2, 0.25) is 0 Å². The van der Waals surface area contributed by atoms with Crippen LogP contribution in [-0.2, 0) is 23.7 Å². The minimum absolute atomic E-state index is 0.0302. The molecule has 0 rings (SSSR count). The number of hydrogen-bond acceptors (Lipinski definition) is 7. The Labute approximate surface area is 167 Å². The standard InChI is InChI=1S/C19H36N2O7/c1-17(2,3)26-14(22)12-25-11-13(21-16(24)28-19(7,8)9)10-20-15(23)27-18(4,5)6/h13H,10-12H2,1-9H3,(H,20,23)(H,21,24). The number of esters is 1. The number of ether oxygens (including phenoxy) is 4. The van der Waals surface area contributed by atoms with Crippen LogP contribution < -0.4 is 10.6 Å². The summed E-state index contributed by atoms with van der Waals surface area (Å²) in [6.07, 6.45) is -1.29. The number of carbonyl (C=O) groups excluding carboxylic acids is 3. The average Bonchev–Trinajstić information content (AvgIpc) is 2.38. The summed E-state index contributed by atoms with van der Waals surface area (Å²) in [5.41, 5.74) is -1.94. The van der Waals surface area contributed by atoms with E-state index in [4.69, 9.17) is 18.9 Å². The second kappa shape index (κ2) is 10.5. The summed E-state index contributed by atoms with van der Waals surface area (Å²) in [5.74, 6) is -0.524. The van der Waals surface area contributed by atoms with Crippen LogP contribution in [0.15, 0.2) is 0 Å². The predicted molar refractivity (Wildman–Crippen MR) is 104 cm³/mol. The summed E-state index contributed by atoms with van der Waals surface area (Å²) in [5, 5.41) is 5.16. The lowest BCUT2D eigenvalue weighted by atomic mass is 10.2. The van der Waals surface area contributed by atoms with Gasteiger partial charge in [0.2, 0.25) is 0 Å². The van der Waals surface area contributed by atoms with E-state index in [1.807, 2.05) is 0 Å². The molecule has 1 atom stereocenters. The molecule has 0 aromatic heterocycles. The third-order valence-electron chi connectivity index (χ3n) is 2.57. The van der Waals surface area contributed by atoms with Gasteiger partial charge in [-0.3, -0.25) is 0 Å². The first-order chi connectivity index (χ1) is 12.5. The Kier molecular flexibility index (Phi) is 9.74. The molecular formula is C19H36N2O7. The first-order valence-electron chi connectivity index (χ1n) is 9.23. The molecule has 0 saturated carbocycles. The molecule has 0 aliphatic carbocycles. The van der Waals surface area contributed by atoms with Crippen LogP contribution in [0.25, 0.3) is 0 Å². The topological polar surface area (TPSA) is 112 Å². The molecule has 9 heteroatoms. The third kappa shape index (κ3) is 16.2. The van der Waals surface area contributed by atoms with Gasteiger partial charge in [-0.2, -0.15) is 0 Å². The molecule has 0 spiro atoms. The molecule has 0 aliphatic rings. The van der Waals surface area contributed by atoms with Crippen LogP contribution in [0, 0.1) is 0 Å². The van der Waals surface area contributed by atoms with Crippen molar-refractivity contribution in [3.63, 3.8) is 0 Å². The van der Waals surface area contributed by atoms with E-state index in [-0.39, 0.29) is 19.8 Å². The molecule has 0 heterocycles. The lowest BCUT2D eigenvalue weighted by molar-refractivity contribution is -0.160. The zero-order valence-electron chi connectivity index (χ0n) is 18.6. The highest BCUT2D eigenvalue weighted by molar-refractivity contribution is 5.71. The molecule has 28 heavy (non-hydrogen) atoms. The van der Waals surface area contributed by atoms with Gasteiger partial charge in [0.25, 0.3) is 0 Å². The van der Waals surface area contributed by atoms with Gasteiger partial charge in [-0.15, -0.1) is 0 Å². The summed E-state index contributed by atoms with van der Waals surface area (Å²) >= 11 is 0. The second-order valence-electron chi connectivity index (χ2n) is 9.33. The van der Waals surface area contributed by atoms with Crippen molar-refractivity contribution in [2.45, 2.75) is 85.2 Å². The van der Waals surface area contributed by atoms with Crippen LogP contribution >= 0.6 is 0 Å². The van der Waals surface area contributed by atoms with E-state index in [1.54, 1.807) is 62.3 Å². The Bertz CT molecular complexity index is 528. The zero-order valence-corrected chi connectivity index (χ0v) is 18.6. The molecule has 164 valence electrons. The predicted octanol–water partition coefficient (Wildman–Crippen LogP) is 2.76. The van der Waals surface area contributed by atoms with Gasteiger partial charge in [-0.25, -0.2) is 14.4 Å². The van der Waals surface area contributed by atoms with Crippen LogP contribution in [0.1, 0.15) is 62.3 Å². The lowest BCUT2D eigenvalue weighted by Crippen LogP contribution is -2.48. The number of alkyl carbamates (subject to hydrolysis) is 2. The highest BCUT2D eigenvalue weighted by Gasteiger charge is 2.23. The van der Waals surface area contributed by atoms with Gasteiger partial charge in [0.1, 0.15) is 23.4 Å². The number of hydrogen-bond donors (Lipinski definition) is 2. The van der Waals surface area contributed by atoms with Gasteiger partial charge < -0.3 is 29.6 Å². The Morgan fingerprint density at radius 2 is 1.21 bits per heavy atom. The van der Waals surface area contributed by atoms with E-state index < -0.39 is 41.0 Å². The highest BCUT2D eigenvalue weighted by atomic mass is 16.6. The van der Waals surface area contributed by atoms with Crippen molar-refractivity contribution >= 4 is 18.2 Å². The first kappa shape index (κ1) is 26.0. The summed E-state index contributed by atoms with van der Waals surface area (Å²) in [6.45, 7) is 15.4. The minimum Gasteiger partial charge on any atom is -0.458 e. The van der Waals surface area contributed by atoms with Crippen molar-refractivity contribution in [3.8, 4) is 0 Å². The molecule has 9 nitrogen and oxygen atoms in total. The zero-order chi connectivity index (χ0) is 22.2. The summed E-state index contributed by atoms with van der Waals surface area (Å²) in [7, 11) is 0. The molecule has 1 unspecified atom stereocenters. The number of amides is 2. The maximum Gasteiger partial charge on any atom is 0.408 e. The average molecular weight is 405 g/mol. The van der Waals surface area contributed by atoms with E-state index in [1.165, 1.54) is 0 Å². The van der Waals surface area contributed by atoms with Crippen molar-refractivity contribution in [2.75, 3.05) is 19.8 Å². The van der Waals surface area contributed by atoms with Gasteiger partial charge in [-0.05, 0) is 62.3 Å². The number of carbonyl (C=O) groups is 3. The van der Waals surface area contributed by atoms with Crippen LogP contribution in [0.3, 0.4) is 0 Å². The fourth-order valence-electron chi connectivity index (χ4n) is 1.80. The first-order valence-corrected chi connectivity index (χ1v) is 9.23. The molecule has 2 amide bonds. The molecule has 0 bridgehead atoms. The summed E-state index contributed by atoms with van der Waals surface area (Å²) in [6, 6.07) is -0.634. The van der Waals surface area contributed by atoms with E-state index in [0.29, 0.717) is 0 Å². The summed E-state index contributed by atoms with van der Waals surface area (Å²) < 4.78 is 20.9. The van der Waals surface area contributed by atoms with Gasteiger partial charge in [0.15, 0.2) is 0 Å². The van der Waals surface area contributed by atoms with E-state index in [9.17, 15) is 14.4 Å². The molecule has 0 aliphatic heterocycles. The Morgan fingerprint density at radius 3 is 1.68 bits per heavy atom. The quantitative estimate of drug-likeness (QED) is 0.495. The third-order valence-corrected chi connectivity index (χ3v) is 2.57.